The number of Topliss-reactive ketones (excluding diaryl/α,β-unsaturated/α-hetero) is 1. The maximum Gasteiger partial charge on any atom is 0.326 e. The van der Waals surface area contributed by atoms with Crippen LogP contribution in [-0.4, -0.2) is 143 Å². The van der Waals surface area contributed by atoms with Gasteiger partial charge in [-0.05, 0) is 38.5 Å². The van der Waals surface area contributed by atoms with Gasteiger partial charge in [-0.15, -0.1) is 0 Å². The molecule has 0 aliphatic carbocycles. The van der Waals surface area contributed by atoms with E-state index in [1.54, 1.807) is 0 Å². The predicted octanol–water partition coefficient (Wildman–Crippen LogP) is 2.40. The second-order valence-electron chi connectivity index (χ2n) is 15.1. The Labute approximate surface area is 368 Å². The van der Waals surface area contributed by atoms with Gasteiger partial charge in [0.05, 0.1) is 52.2 Å². The molecule has 0 aromatic rings. The molecule has 2 radical (unpaired) electrons. The Hall–Kier alpha value is -3.75. The van der Waals surface area contributed by atoms with Crippen molar-refractivity contribution in [2.45, 2.75) is 147 Å². The second-order valence-corrected chi connectivity index (χ2v) is 15.1. The largest absolute Gasteiger partial charge is 0.481 e. The van der Waals surface area contributed by atoms with Crippen molar-refractivity contribution < 1.29 is 62.7 Å². The summed E-state index contributed by atoms with van der Waals surface area (Å²) in [6.45, 7) is 1.81. The lowest BCUT2D eigenvalue weighted by Crippen LogP contribution is -2.41. The SMILES string of the molecule is [CH]NC(CCCCNC(=O)COCCOCCNC(=O)COCCOCCNC(=O)CCC(NC(=O)CCCCCCCCCCCCCCCCC(=O)O)C(=O)O)C(=O)CN. The molecular formula is C43H78N6O13. The average molecular weight is 887 g/mol. The van der Waals surface area contributed by atoms with Gasteiger partial charge in [-0.1, -0.05) is 77.0 Å². The Morgan fingerprint density at radius 3 is 1.39 bits per heavy atom. The number of nitrogens with one attached hydrogen (secondary N) is 5. The van der Waals surface area contributed by atoms with Crippen LogP contribution < -0.4 is 32.3 Å². The van der Waals surface area contributed by atoms with E-state index in [-0.39, 0.29) is 128 Å². The van der Waals surface area contributed by atoms with Gasteiger partial charge in [-0.25, -0.2) is 4.79 Å². The van der Waals surface area contributed by atoms with Crippen LogP contribution in [0.1, 0.15) is 135 Å². The maximum atomic E-state index is 12.3. The van der Waals surface area contributed by atoms with Gasteiger partial charge in [0.25, 0.3) is 0 Å². The van der Waals surface area contributed by atoms with E-state index in [0.717, 1.165) is 38.5 Å². The summed E-state index contributed by atoms with van der Waals surface area (Å²) in [5, 5.41) is 31.2. The molecule has 0 heterocycles. The molecule has 2 atom stereocenters. The normalized spacial score (nSPS) is 12.0. The quantitative estimate of drug-likeness (QED) is 0.0322. The van der Waals surface area contributed by atoms with Crippen molar-refractivity contribution >= 4 is 41.4 Å². The summed E-state index contributed by atoms with van der Waals surface area (Å²) in [5.74, 6) is -3.34. The molecule has 0 saturated heterocycles. The number of hydrogen-bond donors (Lipinski definition) is 8. The zero-order chi connectivity index (χ0) is 45.9. The van der Waals surface area contributed by atoms with Crippen LogP contribution >= 0.6 is 0 Å². The zero-order valence-corrected chi connectivity index (χ0v) is 37.0. The number of carboxylic acid groups (broad SMARTS) is 2. The molecule has 0 aromatic heterocycles. The molecule has 0 spiro atoms. The van der Waals surface area contributed by atoms with Crippen molar-refractivity contribution in [2.24, 2.45) is 5.73 Å². The minimum atomic E-state index is -1.19. The number of unbranched alkanes of at least 4 members (excludes halogenated alkanes) is 14. The van der Waals surface area contributed by atoms with Crippen LogP contribution in [0.25, 0.3) is 0 Å². The van der Waals surface area contributed by atoms with Crippen molar-refractivity contribution in [3.05, 3.63) is 7.05 Å². The van der Waals surface area contributed by atoms with Crippen molar-refractivity contribution in [1.82, 2.24) is 26.6 Å². The number of ether oxygens (including phenoxy) is 4. The standard InChI is InChI=1S/C43H78N6O13/c1-45-35(37(50)32-44)18-16-17-23-46-40(53)33-61-30-29-60-27-25-48-41(54)34-62-31-28-59-26-24-47-38(51)22-21-36(43(57)58)49-39(52)19-14-12-10-8-6-4-2-3-5-7-9-11-13-15-20-42(55)56/h1,35-36,45H,2-34,44H2,(H,46,53)(H,47,51)(H,48,54)(H,49,52)(H,55,56)(H,57,58). The van der Waals surface area contributed by atoms with Crippen LogP contribution in [0.4, 0.5) is 0 Å². The number of ketones is 1. The van der Waals surface area contributed by atoms with Gasteiger partial charge >= 0.3 is 11.9 Å². The molecule has 9 N–H and O–H groups in total. The first-order valence-electron chi connectivity index (χ1n) is 22.5. The highest BCUT2D eigenvalue weighted by Gasteiger charge is 2.21. The third-order valence-electron chi connectivity index (χ3n) is 9.72. The summed E-state index contributed by atoms with van der Waals surface area (Å²) in [6, 6.07) is -1.63. The lowest BCUT2D eigenvalue weighted by atomic mass is 10.0. The Morgan fingerprint density at radius 1 is 0.468 bits per heavy atom. The van der Waals surface area contributed by atoms with Gasteiger partial charge in [-0.3, -0.25) is 28.8 Å². The summed E-state index contributed by atoms with van der Waals surface area (Å²) in [5.41, 5.74) is 5.33. The summed E-state index contributed by atoms with van der Waals surface area (Å²) >= 11 is 0. The molecule has 4 amide bonds. The molecule has 2 unspecified atom stereocenters. The van der Waals surface area contributed by atoms with Crippen molar-refractivity contribution in [2.75, 3.05) is 79.0 Å². The zero-order valence-electron chi connectivity index (χ0n) is 37.0. The van der Waals surface area contributed by atoms with E-state index < -0.39 is 24.0 Å². The summed E-state index contributed by atoms with van der Waals surface area (Å²) in [6.07, 6.45) is 17.3. The van der Waals surface area contributed by atoms with E-state index in [9.17, 15) is 38.7 Å². The van der Waals surface area contributed by atoms with Gasteiger partial charge in [0.15, 0.2) is 5.78 Å². The molecule has 62 heavy (non-hydrogen) atoms. The molecule has 0 aromatic carbocycles. The second kappa shape index (κ2) is 42.5. The molecule has 0 aliphatic heterocycles. The van der Waals surface area contributed by atoms with Crippen LogP contribution in [0, 0.1) is 7.05 Å². The van der Waals surface area contributed by atoms with Gasteiger partial charge < -0.3 is 61.5 Å². The highest BCUT2D eigenvalue weighted by molar-refractivity contribution is 5.86. The molecule has 0 bridgehead atoms. The smallest absolute Gasteiger partial charge is 0.326 e. The third kappa shape index (κ3) is 39.1. The first-order valence-corrected chi connectivity index (χ1v) is 22.5. The van der Waals surface area contributed by atoms with Gasteiger partial charge in [0, 0.05) is 45.9 Å². The molecule has 19 heteroatoms. The fraction of sp³-hybridized carbons (Fsp3) is 0.814. The number of carbonyl (C=O) groups excluding carboxylic acids is 5. The lowest BCUT2D eigenvalue weighted by molar-refractivity contribution is -0.142. The minimum absolute atomic E-state index is 0.0303. The molecule has 358 valence electrons. The van der Waals surface area contributed by atoms with E-state index >= 15 is 0 Å². The number of aliphatic carboxylic acids is 2. The molecule has 0 fully saturated rings. The van der Waals surface area contributed by atoms with Crippen LogP contribution in [0.15, 0.2) is 0 Å². The summed E-state index contributed by atoms with van der Waals surface area (Å²) < 4.78 is 21.3. The number of rotatable bonds is 46. The van der Waals surface area contributed by atoms with Crippen LogP contribution in [0.5, 0.6) is 0 Å². The first-order chi connectivity index (χ1) is 30.0. The number of carboxylic acids is 2. The Morgan fingerprint density at radius 2 is 0.919 bits per heavy atom. The van der Waals surface area contributed by atoms with E-state index in [1.807, 2.05) is 0 Å². The van der Waals surface area contributed by atoms with Crippen molar-refractivity contribution in [1.29, 1.82) is 0 Å². The molecule has 0 aliphatic rings. The summed E-state index contributed by atoms with van der Waals surface area (Å²) in [7, 11) is 5.35. The average Bonchev–Trinajstić information content (AvgIpc) is 3.24. The van der Waals surface area contributed by atoms with E-state index in [4.69, 9.17) is 36.8 Å². The van der Waals surface area contributed by atoms with Crippen LogP contribution in [0.3, 0.4) is 0 Å². The van der Waals surface area contributed by atoms with Gasteiger partial charge in [0.1, 0.15) is 19.3 Å². The van der Waals surface area contributed by atoms with Gasteiger partial charge in [-0.2, -0.15) is 0 Å². The van der Waals surface area contributed by atoms with Crippen molar-refractivity contribution in [3.8, 4) is 0 Å². The Balaban J connectivity index is 3.66. The highest BCUT2D eigenvalue weighted by Crippen LogP contribution is 2.14. The minimum Gasteiger partial charge on any atom is -0.481 e. The molecule has 0 saturated carbocycles. The van der Waals surface area contributed by atoms with Crippen LogP contribution in [0.2, 0.25) is 0 Å². The van der Waals surface area contributed by atoms with Gasteiger partial charge in [0.2, 0.25) is 23.6 Å². The summed E-state index contributed by atoms with van der Waals surface area (Å²) in [4.78, 5) is 82.0. The number of nitrogens with two attached hydrogens (primary N) is 1. The van der Waals surface area contributed by atoms with E-state index in [1.165, 1.54) is 44.9 Å². The number of carbonyl (C=O) groups is 7. The van der Waals surface area contributed by atoms with E-state index in [0.29, 0.717) is 32.2 Å². The molecule has 19 nitrogen and oxygen atoms in total. The van der Waals surface area contributed by atoms with Crippen LogP contribution in [-0.2, 0) is 52.5 Å². The maximum absolute atomic E-state index is 12.3. The monoisotopic (exact) mass is 887 g/mol. The Bertz CT molecular complexity index is 1210. The highest BCUT2D eigenvalue weighted by atomic mass is 16.5. The topological polar surface area (TPSA) is 283 Å². The Kier molecular flexibility index (Phi) is 40.0. The first kappa shape index (κ1) is 58.2. The van der Waals surface area contributed by atoms with Crippen molar-refractivity contribution in [3.63, 3.8) is 0 Å². The predicted molar refractivity (Wildman–Crippen MR) is 232 cm³/mol. The third-order valence-corrected chi connectivity index (χ3v) is 9.72. The fourth-order valence-corrected chi connectivity index (χ4v) is 6.15. The lowest BCUT2D eigenvalue weighted by Gasteiger charge is -2.14. The molecular weight excluding hydrogens is 809 g/mol. The molecule has 0 rings (SSSR count). The fourth-order valence-electron chi connectivity index (χ4n) is 6.15. The van der Waals surface area contributed by atoms with E-state index in [2.05, 4.69) is 26.6 Å². The number of amides is 4. The number of hydrogen-bond acceptors (Lipinski definition) is 13.